The van der Waals surface area contributed by atoms with Gasteiger partial charge in [-0.25, -0.2) is 9.18 Å². The van der Waals surface area contributed by atoms with Crippen LogP contribution in [0.3, 0.4) is 0 Å². The monoisotopic (exact) mass is 510 g/mol. The molecule has 1 aliphatic rings. The molecule has 11 heteroatoms. The molecule has 1 fully saturated rings. The van der Waals surface area contributed by atoms with E-state index in [1.54, 1.807) is 22.6 Å². The van der Waals surface area contributed by atoms with Gasteiger partial charge >= 0.3 is 5.69 Å². The SMILES string of the molecule is Cn1c(=O)c2c(nc(N3CCN(C(=O)c4ccc(F)cc4)CC3)n2Cc2ccccc2Cl)n(C)c1=O. The van der Waals surface area contributed by atoms with Crippen molar-refractivity contribution in [3.63, 3.8) is 0 Å². The second kappa shape index (κ2) is 9.27. The van der Waals surface area contributed by atoms with Gasteiger partial charge in [-0.1, -0.05) is 29.8 Å². The van der Waals surface area contributed by atoms with E-state index in [4.69, 9.17) is 16.6 Å². The van der Waals surface area contributed by atoms with E-state index in [1.165, 1.54) is 35.9 Å². The third kappa shape index (κ3) is 4.07. The summed E-state index contributed by atoms with van der Waals surface area (Å²) in [6.45, 7) is 2.05. The van der Waals surface area contributed by atoms with Crippen LogP contribution in [0.2, 0.25) is 5.02 Å². The van der Waals surface area contributed by atoms with E-state index in [2.05, 4.69) is 0 Å². The molecule has 0 bridgehead atoms. The average Bonchev–Trinajstić information content (AvgIpc) is 3.27. The average molecular weight is 511 g/mol. The van der Waals surface area contributed by atoms with Crippen LogP contribution in [0.5, 0.6) is 0 Å². The fourth-order valence-electron chi connectivity index (χ4n) is 4.51. The summed E-state index contributed by atoms with van der Waals surface area (Å²) in [4.78, 5) is 47.0. The summed E-state index contributed by atoms with van der Waals surface area (Å²) in [5, 5.41) is 0.557. The van der Waals surface area contributed by atoms with Crippen molar-refractivity contribution in [3.05, 3.63) is 91.3 Å². The van der Waals surface area contributed by atoms with Gasteiger partial charge in [0.2, 0.25) is 5.95 Å². The van der Waals surface area contributed by atoms with E-state index in [9.17, 15) is 18.8 Å². The lowest BCUT2D eigenvalue weighted by atomic mass is 10.2. The Balaban J connectivity index is 1.52. The Bertz CT molecular complexity index is 1580. The van der Waals surface area contributed by atoms with Gasteiger partial charge in [-0.05, 0) is 35.9 Å². The molecule has 0 unspecified atom stereocenters. The van der Waals surface area contributed by atoms with Crippen molar-refractivity contribution in [1.82, 2.24) is 23.6 Å². The van der Waals surface area contributed by atoms with Crippen molar-refractivity contribution < 1.29 is 9.18 Å². The molecule has 0 N–H and O–H groups in total. The number of carbonyl (C=O) groups is 1. The van der Waals surface area contributed by atoms with Gasteiger partial charge in [-0.15, -0.1) is 0 Å². The number of fused-ring (bicyclic) bond motifs is 1. The van der Waals surface area contributed by atoms with E-state index < -0.39 is 17.1 Å². The number of anilines is 1. The van der Waals surface area contributed by atoms with Crippen LogP contribution in [0.1, 0.15) is 15.9 Å². The predicted molar refractivity (Wildman–Crippen MR) is 135 cm³/mol. The standard InChI is InChI=1S/C25H24ClFN6O3/c1-29-21-20(23(35)30(2)25(29)36)33(15-17-5-3-4-6-19(17)26)24(28-21)32-13-11-31(12-14-32)22(34)16-7-9-18(27)10-8-16/h3-10H,11-15H2,1-2H3. The highest BCUT2D eigenvalue weighted by atomic mass is 35.5. The Morgan fingerprint density at radius 1 is 0.972 bits per heavy atom. The fourth-order valence-corrected chi connectivity index (χ4v) is 4.70. The van der Waals surface area contributed by atoms with Gasteiger partial charge < -0.3 is 9.80 Å². The van der Waals surface area contributed by atoms with Gasteiger partial charge in [0.1, 0.15) is 5.82 Å². The van der Waals surface area contributed by atoms with E-state index in [1.807, 2.05) is 23.1 Å². The summed E-state index contributed by atoms with van der Waals surface area (Å²) < 4.78 is 17.5. The summed E-state index contributed by atoms with van der Waals surface area (Å²) in [5.41, 5.74) is 0.921. The van der Waals surface area contributed by atoms with Crippen molar-refractivity contribution in [2.24, 2.45) is 14.1 Å². The van der Waals surface area contributed by atoms with Crippen LogP contribution in [0.15, 0.2) is 58.1 Å². The van der Waals surface area contributed by atoms with E-state index in [0.717, 1.165) is 10.1 Å². The molecule has 1 aliphatic heterocycles. The molecule has 186 valence electrons. The fraction of sp³-hybridized carbons (Fsp3) is 0.280. The quantitative estimate of drug-likeness (QED) is 0.420. The molecule has 0 saturated carbocycles. The molecule has 1 saturated heterocycles. The molecule has 2 aromatic carbocycles. The van der Waals surface area contributed by atoms with Gasteiger partial charge in [0, 0.05) is 50.9 Å². The highest BCUT2D eigenvalue weighted by Crippen LogP contribution is 2.25. The van der Waals surface area contributed by atoms with Crippen molar-refractivity contribution in [3.8, 4) is 0 Å². The van der Waals surface area contributed by atoms with Crippen molar-refractivity contribution in [2.45, 2.75) is 6.54 Å². The summed E-state index contributed by atoms with van der Waals surface area (Å²) in [7, 11) is 3.02. The zero-order valence-electron chi connectivity index (χ0n) is 19.8. The Morgan fingerprint density at radius 3 is 2.31 bits per heavy atom. The maximum atomic E-state index is 13.3. The Kier molecular flexibility index (Phi) is 6.13. The number of benzene rings is 2. The van der Waals surface area contributed by atoms with Crippen LogP contribution in [-0.4, -0.2) is 55.7 Å². The zero-order valence-corrected chi connectivity index (χ0v) is 20.6. The summed E-state index contributed by atoms with van der Waals surface area (Å²) >= 11 is 6.43. The lowest BCUT2D eigenvalue weighted by Gasteiger charge is -2.35. The molecule has 0 aliphatic carbocycles. The summed E-state index contributed by atoms with van der Waals surface area (Å²) in [6.07, 6.45) is 0. The first-order chi connectivity index (χ1) is 17.3. The lowest BCUT2D eigenvalue weighted by Crippen LogP contribution is -2.49. The third-order valence-electron chi connectivity index (χ3n) is 6.56. The molecule has 1 amide bonds. The van der Waals surface area contributed by atoms with Crippen LogP contribution in [0, 0.1) is 5.82 Å². The first-order valence-electron chi connectivity index (χ1n) is 11.5. The number of carbonyl (C=O) groups excluding carboxylic acids is 1. The summed E-state index contributed by atoms with van der Waals surface area (Å²) in [6, 6.07) is 12.9. The largest absolute Gasteiger partial charge is 0.339 e. The minimum Gasteiger partial charge on any atom is -0.339 e. The van der Waals surface area contributed by atoms with Gasteiger partial charge in [-0.3, -0.25) is 23.3 Å². The molecule has 0 spiro atoms. The Morgan fingerprint density at radius 2 is 1.64 bits per heavy atom. The van der Waals surface area contributed by atoms with Crippen LogP contribution in [-0.2, 0) is 20.6 Å². The maximum Gasteiger partial charge on any atom is 0.332 e. The van der Waals surface area contributed by atoms with Crippen molar-refractivity contribution >= 4 is 34.6 Å². The zero-order chi connectivity index (χ0) is 25.6. The third-order valence-corrected chi connectivity index (χ3v) is 6.92. The van der Waals surface area contributed by atoms with E-state index in [0.29, 0.717) is 48.2 Å². The number of halogens is 2. The molecule has 36 heavy (non-hydrogen) atoms. The molecule has 4 aromatic rings. The van der Waals surface area contributed by atoms with Gasteiger partial charge in [-0.2, -0.15) is 4.98 Å². The molecular weight excluding hydrogens is 487 g/mol. The van der Waals surface area contributed by atoms with Crippen LogP contribution < -0.4 is 16.1 Å². The number of amides is 1. The van der Waals surface area contributed by atoms with Gasteiger partial charge in [0.05, 0.1) is 6.54 Å². The normalized spacial score (nSPS) is 14.0. The van der Waals surface area contributed by atoms with Crippen LogP contribution in [0.4, 0.5) is 10.3 Å². The molecule has 0 radical (unpaired) electrons. The minimum atomic E-state index is -0.462. The molecule has 5 rings (SSSR count). The first kappa shape index (κ1) is 23.8. The number of aryl methyl sites for hydroxylation is 1. The number of imidazole rings is 1. The van der Waals surface area contributed by atoms with Gasteiger partial charge in [0.15, 0.2) is 11.2 Å². The summed E-state index contributed by atoms with van der Waals surface area (Å²) in [5.74, 6) is -0.0399. The molecule has 0 atom stereocenters. The molecule has 9 nitrogen and oxygen atoms in total. The van der Waals surface area contributed by atoms with Crippen LogP contribution in [0.25, 0.3) is 11.2 Å². The smallest absolute Gasteiger partial charge is 0.332 e. The molecule has 3 heterocycles. The number of aromatic nitrogens is 4. The number of rotatable bonds is 4. The molecular formula is C25H24ClFN6O3. The number of nitrogens with zero attached hydrogens (tertiary/aromatic N) is 6. The highest BCUT2D eigenvalue weighted by Gasteiger charge is 2.28. The van der Waals surface area contributed by atoms with Crippen LogP contribution >= 0.6 is 11.6 Å². The number of hydrogen-bond donors (Lipinski definition) is 0. The molecule has 2 aromatic heterocycles. The lowest BCUT2D eigenvalue weighted by molar-refractivity contribution is 0.0746. The first-order valence-corrected chi connectivity index (χ1v) is 11.8. The highest BCUT2D eigenvalue weighted by molar-refractivity contribution is 6.31. The Hall–Kier alpha value is -3.92. The van der Waals surface area contributed by atoms with E-state index >= 15 is 0 Å². The number of hydrogen-bond acceptors (Lipinski definition) is 5. The van der Waals surface area contributed by atoms with Crippen molar-refractivity contribution in [1.29, 1.82) is 0 Å². The topological polar surface area (TPSA) is 85.4 Å². The second-order valence-corrected chi connectivity index (χ2v) is 9.16. The maximum absolute atomic E-state index is 13.3. The van der Waals surface area contributed by atoms with E-state index in [-0.39, 0.29) is 18.1 Å². The predicted octanol–water partition coefficient (Wildman–Crippen LogP) is 2.24. The second-order valence-electron chi connectivity index (χ2n) is 8.75. The Labute approximate surface area is 210 Å². The number of piperazine rings is 1. The minimum absolute atomic E-state index is 0.171. The van der Waals surface area contributed by atoms with Crippen molar-refractivity contribution in [2.75, 3.05) is 31.1 Å². The van der Waals surface area contributed by atoms with Gasteiger partial charge in [0.25, 0.3) is 11.5 Å².